The van der Waals surface area contributed by atoms with E-state index in [0.717, 1.165) is 25.5 Å². The number of hydrogen-bond donors (Lipinski definition) is 0. The molecule has 0 heterocycles. The molecule has 0 N–H and O–H groups in total. The maximum absolute atomic E-state index is 12.8. The lowest BCUT2D eigenvalue weighted by atomic mass is 10.0. The molecule has 226 valence electrons. The minimum absolute atomic E-state index is 0.315. The van der Waals surface area contributed by atoms with E-state index in [1.165, 1.54) is 57.8 Å². The lowest BCUT2D eigenvalue weighted by molar-refractivity contribution is -0.0159. The molecule has 0 spiro atoms. The van der Waals surface area contributed by atoms with Crippen LogP contribution in [0.4, 0.5) is 0 Å². The molecule has 2 atom stereocenters. The van der Waals surface area contributed by atoms with Gasteiger partial charge in [-0.1, -0.05) is 114 Å². The van der Waals surface area contributed by atoms with Crippen molar-refractivity contribution in [1.82, 2.24) is 0 Å². The number of carbonyl (C=O) groups is 2. The van der Waals surface area contributed by atoms with Gasteiger partial charge in [0, 0.05) is 0 Å². The quantitative estimate of drug-likeness (QED) is 0.0641. The van der Waals surface area contributed by atoms with E-state index >= 15 is 0 Å². The summed E-state index contributed by atoms with van der Waals surface area (Å²) >= 11 is 0. The Morgan fingerprint density at radius 1 is 0.732 bits per heavy atom. The fourth-order valence-corrected chi connectivity index (χ4v) is 4.99. The molecule has 7 nitrogen and oxygen atoms in total. The summed E-state index contributed by atoms with van der Waals surface area (Å²) in [6.07, 6.45) is 16.4. The lowest BCUT2D eigenvalue weighted by Gasteiger charge is -2.24. The highest BCUT2D eigenvalue weighted by atomic mass is 32.2. The second-order valence-electron chi connectivity index (χ2n) is 10.3. The monoisotopic (exact) mass is 586 g/mol. The first-order chi connectivity index (χ1) is 19.8. The molecule has 0 aliphatic rings. The zero-order valence-electron chi connectivity index (χ0n) is 24.5. The molecule has 0 aromatic heterocycles. The Morgan fingerprint density at radius 3 is 1.73 bits per heavy atom. The first-order valence-electron chi connectivity index (χ1n) is 14.8. The Labute approximate surface area is 246 Å². The summed E-state index contributed by atoms with van der Waals surface area (Å²) in [5.41, 5.74) is 0.631. The van der Waals surface area contributed by atoms with Gasteiger partial charge in [-0.3, -0.25) is 4.18 Å². The molecule has 0 unspecified atom stereocenters. The summed E-state index contributed by atoms with van der Waals surface area (Å²) < 4.78 is 40.5. The third-order valence-corrected chi connectivity index (χ3v) is 7.20. The Morgan fingerprint density at radius 2 is 1.22 bits per heavy atom. The van der Waals surface area contributed by atoms with E-state index in [-0.39, 0.29) is 0 Å². The molecular formula is C33H46O7S. The second kappa shape index (κ2) is 20.0. The molecule has 0 radical (unpaired) electrons. The van der Waals surface area contributed by atoms with Gasteiger partial charge in [-0.2, -0.15) is 8.42 Å². The first kappa shape index (κ1) is 34.2. The molecular weight excluding hydrogens is 540 g/mol. The minimum atomic E-state index is -3.96. The number of esters is 2. The summed E-state index contributed by atoms with van der Waals surface area (Å²) in [5, 5.41) is 0. The van der Waals surface area contributed by atoms with E-state index < -0.39 is 40.9 Å². The van der Waals surface area contributed by atoms with E-state index in [2.05, 4.69) is 6.92 Å². The fourth-order valence-electron chi connectivity index (χ4n) is 4.38. The fraction of sp³-hybridized carbons (Fsp3) is 0.515. The highest BCUT2D eigenvalue weighted by Crippen LogP contribution is 2.16. The van der Waals surface area contributed by atoms with Gasteiger partial charge in [-0.15, -0.1) is 0 Å². The van der Waals surface area contributed by atoms with Gasteiger partial charge in [-0.05, 0) is 43.2 Å². The van der Waals surface area contributed by atoms with Crippen molar-refractivity contribution in [2.75, 3.05) is 12.9 Å². The third kappa shape index (κ3) is 15.6. The van der Waals surface area contributed by atoms with Crippen LogP contribution in [0, 0.1) is 0 Å². The molecule has 0 amide bonds. The molecule has 0 aliphatic carbocycles. The molecule has 41 heavy (non-hydrogen) atoms. The molecule has 0 fully saturated rings. The molecule has 0 bridgehead atoms. The van der Waals surface area contributed by atoms with Gasteiger partial charge >= 0.3 is 11.9 Å². The van der Waals surface area contributed by atoms with Crippen LogP contribution in [0.3, 0.4) is 0 Å². The number of carbonyl (C=O) groups excluding carboxylic acids is 2. The smallest absolute Gasteiger partial charge is 0.338 e. The van der Waals surface area contributed by atoms with Crippen LogP contribution in [0.25, 0.3) is 0 Å². The molecule has 8 heteroatoms. The van der Waals surface area contributed by atoms with E-state index in [1.807, 2.05) is 6.08 Å². The minimum Gasteiger partial charge on any atom is -0.459 e. The van der Waals surface area contributed by atoms with Crippen LogP contribution >= 0.6 is 0 Å². The summed E-state index contributed by atoms with van der Waals surface area (Å²) in [4.78, 5) is 25.4. The van der Waals surface area contributed by atoms with Crippen molar-refractivity contribution in [2.45, 2.75) is 96.2 Å². The second-order valence-corrected chi connectivity index (χ2v) is 11.9. The molecule has 0 aliphatic heterocycles. The highest BCUT2D eigenvalue weighted by Gasteiger charge is 2.30. The normalized spacial score (nSPS) is 13.1. The topological polar surface area (TPSA) is 96.0 Å². The average molecular weight is 587 g/mol. The molecule has 2 aromatic rings. The van der Waals surface area contributed by atoms with Crippen LogP contribution < -0.4 is 0 Å². The zero-order valence-corrected chi connectivity index (χ0v) is 25.4. The van der Waals surface area contributed by atoms with E-state index in [9.17, 15) is 18.0 Å². The van der Waals surface area contributed by atoms with Crippen molar-refractivity contribution in [3.8, 4) is 0 Å². The zero-order chi connectivity index (χ0) is 29.8. The maximum Gasteiger partial charge on any atom is 0.338 e. The van der Waals surface area contributed by atoms with Crippen LogP contribution in [0.1, 0.15) is 105 Å². The number of rotatable bonds is 21. The van der Waals surface area contributed by atoms with Crippen molar-refractivity contribution in [3.05, 3.63) is 83.9 Å². The number of allylic oxidation sites excluding steroid dienone is 1. The number of unbranched alkanes of at least 4 members (excludes halogenated alkanes) is 11. The van der Waals surface area contributed by atoms with Crippen molar-refractivity contribution < 1.29 is 31.7 Å². The number of ether oxygens (including phenoxy) is 2. The predicted molar refractivity (Wildman–Crippen MR) is 162 cm³/mol. The Bertz CT molecular complexity index is 1130. The predicted octanol–water partition coefficient (Wildman–Crippen LogP) is 7.67. The van der Waals surface area contributed by atoms with Gasteiger partial charge in [0.05, 0.1) is 17.4 Å². The van der Waals surface area contributed by atoms with Crippen LogP contribution in [0.2, 0.25) is 0 Å². The van der Waals surface area contributed by atoms with Crippen LogP contribution in [0.15, 0.2) is 72.8 Å². The van der Waals surface area contributed by atoms with Crippen LogP contribution in [0.5, 0.6) is 0 Å². The standard InChI is InChI=1S/C33H46O7S/c1-3-4-5-6-7-8-9-10-11-12-13-14-21-26-30(39-33(35)29-24-19-16-20-25-29)31(40-41(2,36)37)27-38-32(34)28-22-17-15-18-23-28/h15-26,30-31H,3-14,27H2,1-2H3/b26-21+/t30-,31-/m1/s1. The van der Waals surface area contributed by atoms with Gasteiger partial charge < -0.3 is 9.47 Å². The largest absolute Gasteiger partial charge is 0.459 e. The Balaban J connectivity index is 1.96. The Kier molecular flexibility index (Phi) is 16.7. The highest BCUT2D eigenvalue weighted by molar-refractivity contribution is 7.86. The summed E-state index contributed by atoms with van der Waals surface area (Å²) in [6.45, 7) is 1.81. The van der Waals surface area contributed by atoms with E-state index in [1.54, 1.807) is 66.7 Å². The van der Waals surface area contributed by atoms with E-state index in [0.29, 0.717) is 11.1 Å². The Hall–Kier alpha value is -2.97. The van der Waals surface area contributed by atoms with Gasteiger partial charge in [0.1, 0.15) is 6.61 Å². The maximum atomic E-state index is 12.8. The van der Waals surface area contributed by atoms with Gasteiger partial charge in [-0.25, -0.2) is 9.59 Å². The van der Waals surface area contributed by atoms with Crippen LogP contribution in [-0.4, -0.2) is 45.4 Å². The van der Waals surface area contributed by atoms with Crippen molar-refractivity contribution in [2.24, 2.45) is 0 Å². The average Bonchev–Trinajstić information content (AvgIpc) is 2.97. The summed E-state index contributed by atoms with van der Waals surface area (Å²) in [6, 6.07) is 16.8. The van der Waals surface area contributed by atoms with Gasteiger partial charge in [0.2, 0.25) is 0 Å². The third-order valence-electron chi connectivity index (χ3n) is 6.61. The summed E-state index contributed by atoms with van der Waals surface area (Å²) in [7, 11) is -3.96. The van der Waals surface area contributed by atoms with Gasteiger partial charge in [0.25, 0.3) is 10.1 Å². The van der Waals surface area contributed by atoms with Gasteiger partial charge in [0.15, 0.2) is 12.2 Å². The SMILES string of the molecule is CCCCCCCCCCCCC/C=C/[C@@H](OC(=O)c1ccccc1)[C@@H](COC(=O)c1ccccc1)OS(C)(=O)=O. The first-order valence-corrected chi connectivity index (χ1v) is 16.6. The molecule has 0 saturated heterocycles. The molecule has 0 saturated carbocycles. The van der Waals surface area contributed by atoms with E-state index in [4.69, 9.17) is 13.7 Å². The summed E-state index contributed by atoms with van der Waals surface area (Å²) in [5.74, 6) is -1.27. The number of benzene rings is 2. The molecule has 2 aromatic carbocycles. The number of hydrogen-bond acceptors (Lipinski definition) is 7. The van der Waals surface area contributed by atoms with Crippen molar-refractivity contribution in [1.29, 1.82) is 0 Å². The van der Waals surface area contributed by atoms with Crippen molar-refractivity contribution >= 4 is 22.1 Å². The van der Waals surface area contributed by atoms with Crippen molar-refractivity contribution in [3.63, 3.8) is 0 Å². The molecule has 2 rings (SSSR count). The van der Waals surface area contributed by atoms with Crippen LogP contribution in [-0.2, 0) is 23.8 Å². The lowest BCUT2D eigenvalue weighted by Crippen LogP contribution is -2.38.